The third kappa shape index (κ3) is 5.69. The molecule has 1 aliphatic carbocycles. The number of aromatic nitrogens is 2. The number of nitrogens with one attached hydrogen (secondary N) is 2. The molecule has 1 saturated carbocycles. The Morgan fingerprint density at radius 1 is 1.26 bits per heavy atom. The van der Waals surface area contributed by atoms with Crippen LogP contribution in [0.3, 0.4) is 0 Å². The molecule has 0 radical (unpaired) electrons. The topological polar surface area (TPSA) is 76.1 Å². The van der Waals surface area contributed by atoms with E-state index in [1.807, 2.05) is 27.7 Å². The average Bonchev–Trinajstić information content (AvgIpc) is 2.44. The third-order valence-corrected chi connectivity index (χ3v) is 3.94. The number of amides is 1. The Balaban J connectivity index is 2.02. The highest BCUT2D eigenvalue weighted by Gasteiger charge is 2.35. The first kappa shape index (κ1) is 17.5. The number of carbonyl (C=O) groups excluding carboxylic acids is 1. The molecule has 1 heterocycles. The van der Waals surface area contributed by atoms with Crippen LogP contribution >= 0.6 is 0 Å². The van der Waals surface area contributed by atoms with Crippen LogP contribution in [-0.4, -0.2) is 33.7 Å². The van der Waals surface area contributed by atoms with E-state index in [4.69, 9.17) is 4.74 Å². The summed E-state index contributed by atoms with van der Waals surface area (Å²) in [6.45, 7) is 8.17. The number of alkyl carbamates (subject to hydrolysis) is 1. The summed E-state index contributed by atoms with van der Waals surface area (Å²) in [5.41, 5.74) is 0.0919. The zero-order valence-electron chi connectivity index (χ0n) is 14.6. The molecule has 1 aliphatic rings. The monoisotopic (exact) mass is 320 g/mol. The minimum Gasteiger partial charge on any atom is -0.444 e. The molecule has 1 aromatic rings. The van der Waals surface area contributed by atoms with Gasteiger partial charge in [0.1, 0.15) is 11.4 Å². The molecule has 1 amide bonds. The molecular weight excluding hydrogens is 292 g/mol. The lowest BCUT2D eigenvalue weighted by Gasteiger charge is -2.38. The largest absolute Gasteiger partial charge is 0.444 e. The minimum atomic E-state index is -0.491. The van der Waals surface area contributed by atoms with Crippen LogP contribution in [0.1, 0.15) is 58.6 Å². The van der Waals surface area contributed by atoms with Crippen LogP contribution in [0.5, 0.6) is 0 Å². The quantitative estimate of drug-likeness (QED) is 0.889. The molecule has 0 aromatic carbocycles. The molecule has 23 heavy (non-hydrogen) atoms. The van der Waals surface area contributed by atoms with Crippen LogP contribution in [0.2, 0.25) is 0 Å². The molecule has 0 aliphatic heterocycles. The Kier molecular flexibility index (Phi) is 5.44. The molecule has 0 atom stereocenters. The smallest absolute Gasteiger partial charge is 0.408 e. The zero-order chi connectivity index (χ0) is 16.9. The second kappa shape index (κ2) is 7.15. The Labute approximate surface area is 138 Å². The van der Waals surface area contributed by atoms with Crippen molar-refractivity contribution in [3.05, 3.63) is 18.1 Å². The lowest BCUT2D eigenvalue weighted by atomic mass is 9.81. The summed E-state index contributed by atoms with van der Waals surface area (Å²) in [5, 5.41) is 6.42. The van der Waals surface area contributed by atoms with Gasteiger partial charge in [-0.2, -0.15) is 0 Å². The fourth-order valence-electron chi connectivity index (χ4n) is 2.90. The molecule has 0 spiro atoms. The van der Waals surface area contributed by atoms with Crippen molar-refractivity contribution in [2.75, 3.05) is 11.9 Å². The number of aryl methyl sites for hydroxylation is 1. The standard InChI is InChI=1S/C17H28N4O2/c1-13-10-18-11-14(20-13)19-12-17(8-6-5-7-9-17)21-15(22)23-16(2,3)4/h10-11H,5-9,12H2,1-4H3,(H,19,20)(H,21,22). The van der Waals surface area contributed by atoms with E-state index in [1.165, 1.54) is 6.42 Å². The van der Waals surface area contributed by atoms with E-state index in [9.17, 15) is 4.79 Å². The van der Waals surface area contributed by atoms with E-state index in [0.717, 1.165) is 37.2 Å². The predicted octanol–water partition coefficient (Wildman–Crippen LogP) is 3.42. The van der Waals surface area contributed by atoms with Gasteiger partial charge in [-0.05, 0) is 40.5 Å². The summed E-state index contributed by atoms with van der Waals surface area (Å²) in [6.07, 6.45) is 8.39. The number of rotatable bonds is 4. The highest BCUT2D eigenvalue weighted by Crippen LogP contribution is 2.29. The van der Waals surface area contributed by atoms with Crippen molar-refractivity contribution in [1.82, 2.24) is 15.3 Å². The zero-order valence-corrected chi connectivity index (χ0v) is 14.6. The summed E-state index contributed by atoms with van der Waals surface area (Å²) in [5.74, 6) is 0.737. The van der Waals surface area contributed by atoms with Crippen LogP contribution in [0, 0.1) is 6.92 Å². The molecular formula is C17H28N4O2. The van der Waals surface area contributed by atoms with Crippen molar-refractivity contribution in [1.29, 1.82) is 0 Å². The van der Waals surface area contributed by atoms with Crippen molar-refractivity contribution in [2.24, 2.45) is 0 Å². The van der Waals surface area contributed by atoms with Crippen LogP contribution in [-0.2, 0) is 4.74 Å². The van der Waals surface area contributed by atoms with Crippen LogP contribution in [0.25, 0.3) is 0 Å². The fourth-order valence-corrected chi connectivity index (χ4v) is 2.90. The van der Waals surface area contributed by atoms with Gasteiger partial charge in [0.2, 0.25) is 0 Å². The normalized spacial score (nSPS) is 17.4. The number of carbonyl (C=O) groups is 1. The van der Waals surface area contributed by atoms with Crippen molar-refractivity contribution in [2.45, 2.75) is 70.9 Å². The molecule has 2 rings (SSSR count). The molecule has 2 N–H and O–H groups in total. The van der Waals surface area contributed by atoms with Gasteiger partial charge in [-0.1, -0.05) is 19.3 Å². The van der Waals surface area contributed by atoms with Crippen LogP contribution in [0.15, 0.2) is 12.4 Å². The van der Waals surface area contributed by atoms with Gasteiger partial charge in [0.15, 0.2) is 0 Å². The highest BCUT2D eigenvalue weighted by molar-refractivity contribution is 5.69. The summed E-state index contributed by atoms with van der Waals surface area (Å²) in [4.78, 5) is 20.8. The fraction of sp³-hybridized carbons (Fsp3) is 0.706. The first-order valence-corrected chi connectivity index (χ1v) is 8.32. The lowest BCUT2D eigenvalue weighted by Crippen LogP contribution is -2.55. The van der Waals surface area contributed by atoms with Gasteiger partial charge < -0.3 is 15.4 Å². The Morgan fingerprint density at radius 2 is 1.96 bits per heavy atom. The number of hydrogen-bond donors (Lipinski definition) is 2. The van der Waals surface area contributed by atoms with E-state index < -0.39 is 5.60 Å². The lowest BCUT2D eigenvalue weighted by molar-refractivity contribution is 0.0434. The first-order chi connectivity index (χ1) is 10.8. The van der Waals surface area contributed by atoms with Crippen LogP contribution < -0.4 is 10.6 Å². The van der Waals surface area contributed by atoms with Crippen LogP contribution in [0.4, 0.5) is 10.6 Å². The maximum absolute atomic E-state index is 12.2. The maximum atomic E-state index is 12.2. The van der Waals surface area contributed by atoms with E-state index in [0.29, 0.717) is 6.54 Å². The van der Waals surface area contributed by atoms with E-state index >= 15 is 0 Å². The molecule has 6 nitrogen and oxygen atoms in total. The molecule has 6 heteroatoms. The van der Waals surface area contributed by atoms with Gasteiger partial charge in [0.25, 0.3) is 0 Å². The summed E-state index contributed by atoms with van der Waals surface area (Å²) in [7, 11) is 0. The van der Waals surface area contributed by atoms with Gasteiger partial charge in [-0.3, -0.25) is 4.98 Å². The Hall–Kier alpha value is -1.85. The number of ether oxygens (including phenoxy) is 1. The molecule has 0 saturated heterocycles. The summed E-state index contributed by atoms with van der Waals surface area (Å²) >= 11 is 0. The van der Waals surface area contributed by atoms with E-state index in [-0.39, 0.29) is 11.6 Å². The summed E-state index contributed by atoms with van der Waals surface area (Å²) < 4.78 is 5.43. The van der Waals surface area contributed by atoms with Gasteiger partial charge in [-0.25, -0.2) is 9.78 Å². The second-order valence-electron chi connectivity index (χ2n) is 7.37. The minimum absolute atomic E-state index is 0.286. The maximum Gasteiger partial charge on any atom is 0.408 e. The highest BCUT2D eigenvalue weighted by atomic mass is 16.6. The van der Waals surface area contributed by atoms with Gasteiger partial charge in [0.05, 0.1) is 17.4 Å². The Bertz CT molecular complexity index is 534. The van der Waals surface area contributed by atoms with Crippen molar-refractivity contribution in [3.8, 4) is 0 Å². The van der Waals surface area contributed by atoms with E-state index in [1.54, 1.807) is 12.4 Å². The van der Waals surface area contributed by atoms with E-state index in [2.05, 4.69) is 20.6 Å². The third-order valence-electron chi connectivity index (χ3n) is 3.94. The number of nitrogens with zero attached hydrogens (tertiary/aromatic N) is 2. The average molecular weight is 320 g/mol. The molecule has 1 aromatic heterocycles. The van der Waals surface area contributed by atoms with Gasteiger partial charge in [0, 0.05) is 12.7 Å². The number of hydrogen-bond acceptors (Lipinski definition) is 5. The van der Waals surface area contributed by atoms with Crippen molar-refractivity contribution >= 4 is 11.9 Å². The predicted molar refractivity (Wildman–Crippen MR) is 90.4 cm³/mol. The second-order valence-corrected chi connectivity index (χ2v) is 7.37. The van der Waals surface area contributed by atoms with Gasteiger partial charge >= 0.3 is 6.09 Å². The van der Waals surface area contributed by atoms with Crippen molar-refractivity contribution in [3.63, 3.8) is 0 Å². The summed E-state index contributed by atoms with van der Waals surface area (Å²) in [6, 6.07) is 0. The first-order valence-electron chi connectivity index (χ1n) is 8.32. The SMILES string of the molecule is Cc1cncc(NCC2(NC(=O)OC(C)(C)C)CCCCC2)n1. The van der Waals surface area contributed by atoms with Crippen molar-refractivity contribution < 1.29 is 9.53 Å². The molecule has 128 valence electrons. The molecule has 1 fully saturated rings. The van der Waals surface area contributed by atoms with Gasteiger partial charge in [-0.15, -0.1) is 0 Å². The number of anilines is 1. The Morgan fingerprint density at radius 3 is 2.57 bits per heavy atom. The molecule has 0 unspecified atom stereocenters. The molecule has 0 bridgehead atoms.